The van der Waals surface area contributed by atoms with Crippen LogP contribution in [0.4, 0.5) is 0 Å². The van der Waals surface area contributed by atoms with Gasteiger partial charge in [-0.3, -0.25) is 15.1 Å². The zero-order valence-corrected chi connectivity index (χ0v) is 16.3. The number of aliphatic hydroxyl groups excluding tert-OH is 1. The average Bonchev–Trinajstić information content (AvgIpc) is 2.67. The molecule has 27 heavy (non-hydrogen) atoms. The second-order valence-corrected chi connectivity index (χ2v) is 7.97. The molecular weight excluding hydrogens is 346 g/mol. The molecule has 5 atom stereocenters. The Morgan fingerprint density at radius 2 is 2.19 bits per heavy atom. The third kappa shape index (κ3) is 4.99. The Morgan fingerprint density at radius 3 is 2.93 bits per heavy atom. The van der Waals surface area contributed by atoms with Crippen molar-refractivity contribution in [3.63, 3.8) is 0 Å². The molecule has 2 N–H and O–H groups in total. The number of aliphatic hydroxyl groups is 1. The molecule has 6 nitrogen and oxygen atoms in total. The highest BCUT2D eigenvalue weighted by atomic mass is 16.6. The van der Waals surface area contributed by atoms with Gasteiger partial charge in [0.25, 0.3) is 0 Å². The van der Waals surface area contributed by atoms with Crippen LogP contribution in [-0.4, -0.2) is 49.5 Å². The highest BCUT2D eigenvalue weighted by molar-refractivity contribution is 5.98. The highest BCUT2D eigenvalue weighted by Crippen LogP contribution is 2.40. The molecule has 3 aliphatic rings. The third-order valence-corrected chi connectivity index (χ3v) is 6.03. The fourth-order valence-corrected chi connectivity index (χ4v) is 4.68. The van der Waals surface area contributed by atoms with Gasteiger partial charge in [-0.25, -0.2) is 0 Å². The number of rotatable bonds is 7. The minimum atomic E-state index is -0.752. The second kappa shape index (κ2) is 9.82. The quantitative estimate of drug-likeness (QED) is 0.306. The van der Waals surface area contributed by atoms with Crippen LogP contribution < -0.4 is 5.48 Å². The second-order valence-electron chi connectivity index (χ2n) is 7.97. The highest BCUT2D eigenvalue weighted by Gasteiger charge is 2.41. The molecule has 0 bridgehead atoms. The molecule has 0 aromatic heterocycles. The van der Waals surface area contributed by atoms with Crippen molar-refractivity contribution in [2.24, 2.45) is 17.8 Å². The molecule has 3 rings (SSSR count). The third-order valence-electron chi connectivity index (χ3n) is 6.03. The maximum absolute atomic E-state index is 12.9. The van der Waals surface area contributed by atoms with Gasteiger partial charge in [0.05, 0.1) is 32.0 Å². The fraction of sp³-hybridized carbons (Fsp3) is 0.762. The molecule has 1 saturated carbocycles. The Labute approximate surface area is 161 Å². The molecule has 2 aliphatic heterocycles. The van der Waals surface area contributed by atoms with Gasteiger partial charge in [0.1, 0.15) is 0 Å². The van der Waals surface area contributed by atoms with Crippen molar-refractivity contribution in [3.05, 3.63) is 23.9 Å². The lowest BCUT2D eigenvalue weighted by Gasteiger charge is -2.43. The van der Waals surface area contributed by atoms with Crippen LogP contribution in [0.2, 0.25) is 0 Å². The van der Waals surface area contributed by atoms with Gasteiger partial charge >= 0.3 is 0 Å². The molecule has 0 amide bonds. The number of hydrogen-bond donors (Lipinski definition) is 2. The smallest absolute Gasteiger partial charge is 0.163 e. The van der Waals surface area contributed by atoms with Crippen molar-refractivity contribution in [1.82, 2.24) is 5.48 Å². The van der Waals surface area contributed by atoms with E-state index in [0.717, 1.165) is 32.5 Å². The summed E-state index contributed by atoms with van der Waals surface area (Å²) in [6.07, 6.45) is 5.79. The van der Waals surface area contributed by atoms with Gasteiger partial charge in [0.15, 0.2) is 5.78 Å². The van der Waals surface area contributed by atoms with Gasteiger partial charge in [-0.2, -0.15) is 0 Å². The number of hydrogen-bond acceptors (Lipinski definition) is 6. The predicted octanol–water partition coefficient (Wildman–Crippen LogP) is 2.53. The molecular formula is C21H33NO5. The number of ether oxygens (including phenoxy) is 2. The average molecular weight is 379 g/mol. The summed E-state index contributed by atoms with van der Waals surface area (Å²) in [5.74, 6) is 0.925. The number of Topliss-reactive ketones (excluding diaryl/α,β-unsaturated/α-hetero) is 1. The standard InChI is InChI=1S/C21H33NO5/c1-3-5-17(22-27-7-4-2)21-18(23)10-14(11-19(21)24)15-9-16-12-25-8-6-20(16)26-13-15/h4,14-16,18,20,22-23H,2-3,5-13H2,1H3. The molecule has 2 saturated heterocycles. The van der Waals surface area contributed by atoms with Crippen LogP contribution >= 0.6 is 0 Å². The van der Waals surface area contributed by atoms with E-state index < -0.39 is 6.10 Å². The van der Waals surface area contributed by atoms with Gasteiger partial charge in [0.2, 0.25) is 0 Å². The fourth-order valence-electron chi connectivity index (χ4n) is 4.68. The number of fused-ring (bicyclic) bond motifs is 1. The topological polar surface area (TPSA) is 77.0 Å². The van der Waals surface area contributed by atoms with E-state index in [9.17, 15) is 9.90 Å². The first kappa shape index (κ1) is 20.5. The summed E-state index contributed by atoms with van der Waals surface area (Å²) in [5, 5.41) is 10.8. The van der Waals surface area contributed by atoms with E-state index in [4.69, 9.17) is 14.3 Å². The minimum absolute atomic E-state index is 0.0268. The Balaban J connectivity index is 1.65. The number of allylic oxidation sites excluding steroid dienone is 1. The monoisotopic (exact) mass is 379 g/mol. The zero-order chi connectivity index (χ0) is 19.2. The Bertz CT molecular complexity index is 561. The normalized spacial score (nSPS) is 36.1. The van der Waals surface area contributed by atoms with Gasteiger partial charge in [-0.15, -0.1) is 6.58 Å². The molecule has 152 valence electrons. The van der Waals surface area contributed by atoms with Crippen LogP contribution in [0.5, 0.6) is 0 Å². The lowest BCUT2D eigenvalue weighted by Crippen LogP contribution is -2.45. The summed E-state index contributed by atoms with van der Waals surface area (Å²) in [6, 6.07) is 0. The van der Waals surface area contributed by atoms with Crippen molar-refractivity contribution in [2.75, 3.05) is 26.4 Å². The predicted molar refractivity (Wildman–Crippen MR) is 102 cm³/mol. The number of carbonyl (C=O) groups excluding carboxylic acids is 1. The van der Waals surface area contributed by atoms with E-state index in [1.165, 1.54) is 0 Å². The molecule has 5 unspecified atom stereocenters. The van der Waals surface area contributed by atoms with Crippen molar-refractivity contribution < 1.29 is 24.2 Å². The first-order chi connectivity index (χ1) is 13.1. The van der Waals surface area contributed by atoms with E-state index in [1.54, 1.807) is 6.08 Å². The summed E-state index contributed by atoms with van der Waals surface area (Å²) < 4.78 is 11.7. The first-order valence-corrected chi connectivity index (χ1v) is 10.3. The van der Waals surface area contributed by atoms with Gasteiger partial charge in [-0.05, 0) is 37.5 Å². The SMILES string of the molecule is C=CCONC(CCC)=C1C(=O)CC(C2COC3CCOCC3C2)CC1O. The molecule has 0 aromatic carbocycles. The maximum atomic E-state index is 12.9. The van der Waals surface area contributed by atoms with Crippen LogP contribution in [-0.2, 0) is 19.1 Å². The van der Waals surface area contributed by atoms with E-state index in [1.807, 2.05) is 6.92 Å². The Kier molecular flexibility index (Phi) is 7.47. The number of nitrogens with one attached hydrogen (secondary N) is 1. The van der Waals surface area contributed by atoms with Crippen LogP contribution in [0.3, 0.4) is 0 Å². The summed E-state index contributed by atoms with van der Waals surface area (Å²) in [5.41, 5.74) is 4.07. The van der Waals surface area contributed by atoms with E-state index in [2.05, 4.69) is 12.1 Å². The Hall–Kier alpha value is -1.21. The van der Waals surface area contributed by atoms with Crippen LogP contribution in [0, 0.1) is 17.8 Å². The maximum Gasteiger partial charge on any atom is 0.163 e. The van der Waals surface area contributed by atoms with E-state index in [0.29, 0.717) is 61.7 Å². The van der Waals surface area contributed by atoms with Crippen molar-refractivity contribution in [3.8, 4) is 0 Å². The molecule has 1 aliphatic carbocycles. The summed E-state index contributed by atoms with van der Waals surface area (Å²) in [6.45, 7) is 8.22. The van der Waals surface area contributed by atoms with E-state index >= 15 is 0 Å². The van der Waals surface area contributed by atoms with Crippen LogP contribution in [0.15, 0.2) is 23.9 Å². The molecule has 0 spiro atoms. The van der Waals surface area contributed by atoms with Gasteiger partial charge in [-0.1, -0.05) is 19.4 Å². The van der Waals surface area contributed by atoms with Gasteiger partial charge < -0.3 is 14.6 Å². The molecule has 3 fully saturated rings. The summed E-state index contributed by atoms with van der Waals surface area (Å²) in [7, 11) is 0. The largest absolute Gasteiger partial charge is 0.388 e. The van der Waals surface area contributed by atoms with Gasteiger partial charge in [0, 0.05) is 30.2 Å². The van der Waals surface area contributed by atoms with Crippen LogP contribution in [0.25, 0.3) is 0 Å². The lowest BCUT2D eigenvalue weighted by molar-refractivity contribution is -0.137. The number of carbonyl (C=O) groups is 1. The van der Waals surface area contributed by atoms with Crippen molar-refractivity contribution >= 4 is 5.78 Å². The zero-order valence-electron chi connectivity index (χ0n) is 16.3. The first-order valence-electron chi connectivity index (χ1n) is 10.3. The van der Waals surface area contributed by atoms with Crippen molar-refractivity contribution in [2.45, 2.75) is 57.7 Å². The summed E-state index contributed by atoms with van der Waals surface area (Å²) in [4.78, 5) is 18.2. The van der Waals surface area contributed by atoms with E-state index in [-0.39, 0.29) is 11.7 Å². The molecule has 0 radical (unpaired) electrons. The minimum Gasteiger partial charge on any atom is -0.388 e. The number of hydroxylamine groups is 1. The Morgan fingerprint density at radius 1 is 1.33 bits per heavy atom. The molecule has 6 heteroatoms. The molecule has 2 heterocycles. The van der Waals surface area contributed by atoms with Crippen molar-refractivity contribution in [1.29, 1.82) is 0 Å². The number of ketones is 1. The summed E-state index contributed by atoms with van der Waals surface area (Å²) >= 11 is 0. The lowest BCUT2D eigenvalue weighted by atomic mass is 9.71. The van der Waals surface area contributed by atoms with Crippen LogP contribution in [0.1, 0.15) is 45.4 Å². The molecule has 0 aromatic rings.